The number of amides is 1. The summed E-state index contributed by atoms with van der Waals surface area (Å²) in [6.45, 7) is 2.39. The Kier molecular flexibility index (Phi) is 3.60. The number of nitrogens with one attached hydrogen (secondary N) is 1. The molecule has 0 unspecified atom stereocenters. The number of aromatic nitrogens is 3. The summed E-state index contributed by atoms with van der Waals surface area (Å²) in [7, 11) is 0. The number of aryl methyl sites for hydroxylation is 1. The van der Waals surface area contributed by atoms with Gasteiger partial charge < -0.3 is 14.8 Å². The summed E-state index contributed by atoms with van der Waals surface area (Å²) in [5.74, 6) is -1.19. The molecular formula is C11H12N4O4. The largest absolute Gasteiger partial charge is 0.476 e. The van der Waals surface area contributed by atoms with Gasteiger partial charge in [-0.15, -0.1) is 5.10 Å². The highest BCUT2D eigenvalue weighted by atomic mass is 16.4. The van der Waals surface area contributed by atoms with Gasteiger partial charge in [0.2, 0.25) is 0 Å². The molecule has 1 amide bonds. The van der Waals surface area contributed by atoms with E-state index in [1.165, 1.54) is 17.1 Å². The molecule has 0 aliphatic carbocycles. The lowest BCUT2D eigenvalue weighted by atomic mass is 10.3. The van der Waals surface area contributed by atoms with Crippen LogP contribution in [0, 0.1) is 6.92 Å². The van der Waals surface area contributed by atoms with Crippen LogP contribution in [0.15, 0.2) is 22.9 Å². The van der Waals surface area contributed by atoms with Crippen LogP contribution in [0.4, 0.5) is 0 Å². The predicted octanol–water partition coefficient (Wildman–Crippen LogP) is 0.308. The molecule has 0 aliphatic rings. The number of hydrogen-bond donors (Lipinski definition) is 2. The summed E-state index contributed by atoms with van der Waals surface area (Å²) in [5, 5.41) is 18.4. The summed E-state index contributed by atoms with van der Waals surface area (Å²) in [4.78, 5) is 22.3. The highest BCUT2D eigenvalue weighted by Gasteiger charge is 2.12. The summed E-state index contributed by atoms with van der Waals surface area (Å²) in [6.07, 6.45) is 2.74. The fraction of sp³-hybridized carbons (Fsp3) is 0.273. The number of nitrogens with zero attached hydrogens (tertiary/aromatic N) is 3. The zero-order valence-corrected chi connectivity index (χ0v) is 10.2. The van der Waals surface area contributed by atoms with Gasteiger partial charge in [0.05, 0.1) is 19.0 Å². The lowest BCUT2D eigenvalue weighted by Crippen LogP contribution is -2.27. The molecule has 2 aromatic heterocycles. The number of carboxylic acid groups (broad SMARTS) is 1. The Hall–Kier alpha value is -2.64. The standard InChI is InChI=1S/C11H12N4O4/c1-7-2-5-19-9(7)10(16)12-3-4-15-6-8(11(17)18)13-14-15/h2,5-6H,3-4H2,1H3,(H,12,16)(H,17,18). The van der Waals surface area contributed by atoms with E-state index in [-0.39, 0.29) is 17.4 Å². The van der Waals surface area contributed by atoms with Gasteiger partial charge in [0.1, 0.15) is 0 Å². The molecule has 0 spiro atoms. The number of rotatable bonds is 5. The maximum Gasteiger partial charge on any atom is 0.358 e. The van der Waals surface area contributed by atoms with E-state index < -0.39 is 5.97 Å². The van der Waals surface area contributed by atoms with Crippen molar-refractivity contribution in [3.63, 3.8) is 0 Å². The van der Waals surface area contributed by atoms with E-state index in [4.69, 9.17) is 9.52 Å². The molecule has 8 heteroatoms. The first kappa shape index (κ1) is 12.8. The number of hydrogen-bond acceptors (Lipinski definition) is 5. The van der Waals surface area contributed by atoms with Gasteiger partial charge in [0, 0.05) is 12.1 Å². The van der Waals surface area contributed by atoms with Crippen molar-refractivity contribution < 1.29 is 19.1 Å². The van der Waals surface area contributed by atoms with E-state index in [1.807, 2.05) is 0 Å². The third-order valence-electron chi connectivity index (χ3n) is 2.45. The van der Waals surface area contributed by atoms with Crippen molar-refractivity contribution >= 4 is 11.9 Å². The Balaban J connectivity index is 1.85. The van der Waals surface area contributed by atoms with Crippen molar-refractivity contribution in [3.8, 4) is 0 Å². The van der Waals surface area contributed by atoms with Crippen molar-refractivity contribution in [3.05, 3.63) is 35.5 Å². The van der Waals surface area contributed by atoms with Gasteiger partial charge in [-0.1, -0.05) is 5.21 Å². The molecule has 0 aromatic carbocycles. The minimum atomic E-state index is -1.14. The minimum Gasteiger partial charge on any atom is -0.476 e. The maximum absolute atomic E-state index is 11.7. The van der Waals surface area contributed by atoms with Crippen molar-refractivity contribution in [1.29, 1.82) is 0 Å². The van der Waals surface area contributed by atoms with Gasteiger partial charge in [-0.3, -0.25) is 4.79 Å². The van der Waals surface area contributed by atoms with Crippen molar-refractivity contribution in [2.24, 2.45) is 0 Å². The molecule has 8 nitrogen and oxygen atoms in total. The predicted molar refractivity (Wildman–Crippen MR) is 62.8 cm³/mol. The van der Waals surface area contributed by atoms with Gasteiger partial charge in [-0.2, -0.15) is 0 Å². The lowest BCUT2D eigenvalue weighted by Gasteiger charge is -2.03. The van der Waals surface area contributed by atoms with Crippen LogP contribution in [0.2, 0.25) is 0 Å². The van der Waals surface area contributed by atoms with Crippen molar-refractivity contribution in [1.82, 2.24) is 20.3 Å². The zero-order valence-electron chi connectivity index (χ0n) is 10.2. The molecule has 0 radical (unpaired) electrons. The fourth-order valence-corrected chi connectivity index (χ4v) is 1.48. The first-order valence-corrected chi connectivity index (χ1v) is 5.53. The van der Waals surface area contributed by atoms with Crippen LogP contribution in [0.5, 0.6) is 0 Å². The van der Waals surface area contributed by atoms with Gasteiger partial charge in [0.25, 0.3) is 5.91 Å². The van der Waals surface area contributed by atoms with Crippen LogP contribution in [-0.4, -0.2) is 38.5 Å². The molecule has 2 heterocycles. The van der Waals surface area contributed by atoms with E-state index in [1.54, 1.807) is 13.0 Å². The molecule has 0 atom stereocenters. The van der Waals surface area contributed by atoms with E-state index in [9.17, 15) is 9.59 Å². The topological polar surface area (TPSA) is 110 Å². The van der Waals surface area contributed by atoms with E-state index in [2.05, 4.69) is 15.6 Å². The smallest absolute Gasteiger partial charge is 0.358 e. The first-order chi connectivity index (χ1) is 9.08. The highest BCUT2D eigenvalue weighted by Crippen LogP contribution is 2.07. The lowest BCUT2D eigenvalue weighted by molar-refractivity contribution is 0.0690. The summed E-state index contributed by atoms with van der Waals surface area (Å²) in [6, 6.07) is 1.70. The fourth-order valence-electron chi connectivity index (χ4n) is 1.48. The Bertz CT molecular complexity index is 601. The molecule has 0 saturated carbocycles. The quantitative estimate of drug-likeness (QED) is 0.804. The SMILES string of the molecule is Cc1ccoc1C(=O)NCCn1cc(C(=O)O)nn1. The number of carbonyl (C=O) groups excluding carboxylic acids is 1. The third kappa shape index (κ3) is 2.97. The molecule has 0 fully saturated rings. The highest BCUT2D eigenvalue weighted by molar-refractivity contribution is 5.92. The Morgan fingerprint density at radius 2 is 2.32 bits per heavy atom. The molecule has 0 bridgehead atoms. The summed E-state index contributed by atoms with van der Waals surface area (Å²) in [5.41, 5.74) is 0.625. The van der Waals surface area contributed by atoms with Crippen molar-refractivity contribution in [2.75, 3.05) is 6.54 Å². The Morgan fingerprint density at radius 3 is 2.89 bits per heavy atom. The van der Waals surface area contributed by atoms with Gasteiger partial charge >= 0.3 is 5.97 Å². The second kappa shape index (κ2) is 5.34. The van der Waals surface area contributed by atoms with Crippen LogP contribution in [0.25, 0.3) is 0 Å². The van der Waals surface area contributed by atoms with Crippen LogP contribution < -0.4 is 5.32 Å². The molecule has 2 aromatic rings. The Labute approximate surface area is 108 Å². The molecule has 2 rings (SSSR count). The second-order valence-electron chi connectivity index (χ2n) is 3.86. The monoisotopic (exact) mass is 264 g/mol. The number of carboxylic acids is 1. The zero-order chi connectivity index (χ0) is 13.8. The number of aromatic carboxylic acids is 1. The molecule has 19 heavy (non-hydrogen) atoms. The first-order valence-electron chi connectivity index (χ1n) is 5.53. The molecule has 0 saturated heterocycles. The van der Waals surface area contributed by atoms with Crippen molar-refractivity contribution in [2.45, 2.75) is 13.5 Å². The maximum atomic E-state index is 11.7. The van der Waals surface area contributed by atoms with E-state index >= 15 is 0 Å². The van der Waals surface area contributed by atoms with Gasteiger partial charge in [-0.25, -0.2) is 9.48 Å². The van der Waals surface area contributed by atoms with Crippen LogP contribution in [0.1, 0.15) is 26.6 Å². The Morgan fingerprint density at radius 1 is 1.53 bits per heavy atom. The van der Waals surface area contributed by atoms with Gasteiger partial charge in [0.15, 0.2) is 11.5 Å². The molecular weight excluding hydrogens is 252 g/mol. The summed E-state index contributed by atoms with van der Waals surface area (Å²) < 4.78 is 6.39. The average Bonchev–Trinajstić information content (AvgIpc) is 2.97. The third-order valence-corrected chi connectivity index (χ3v) is 2.45. The molecule has 100 valence electrons. The van der Waals surface area contributed by atoms with E-state index in [0.29, 0.717) is 13.1 Å². The van der Waals surface area contributed by atoms with Gasteiger partial charge in [-0.05, 0) is 13.0 Å². The number of furan rings is 1. The van der Waals surface area contributed by atoms with Crippen LogP contribution in [-0.2, 0) is 6.54 Å². The normalized spacial score (nSPS) is 10.4. The number of carbonyl (C=O) groups is 2. The van der Waals surface area contributed by atoms with Crippen LogP contribution in [0.3, 0.4) is 0 Å². The summed E-state index contributed by atoms with van der Waals surface area (Å²) >= 11 is 0. The van der Waals surface area contributed by atoms with Crippen LogP contribution >= 0.6 is 0 Å². The average molecular weight is 264 g/mol. The molecule has 0 aliphatic heterocycles. The van der Waals surface area contributed by atoms with E-state index in [0.717, 1.165) is 5.56 Å². The minimum absolute atomic E-state index is 0.131. The molecule has 2 N–H and O–H groups in total. The second-order valence-corrected chi connectivity index (χ2v) is 3.86.